The van der Waals surface area contributed by atoms with Crippen molar-refractivity contribution in [2.75, 3.05) is 16.4 Å². The Hall–Kier alpha value is -1.21. The number of thioether (sulfide) groups is 1. The van der Waals surface area contributed by atoms with Gasteiger partial charge in [-0.05, 0) is 36.8 Å². The third-order valence-electron chi connectivity index (χ3n) is 4.79. The van der Waals surface area contributed by atoms with Crippen LogP contribution in [-0.4, -0.2) is 37.2 Å². The smallest absolute Gasteiger partial charge is 0.164 e. The van der Waals surface area contributed by atoms with Gasteiger partial charge < -0.3 is 4.90 Å². The fourth-order valence-electron chi connectivity index (χ4n) is 3.42. The molecule has 2 aliphatic heterocycles. The van der Waals surface area contributed by atoms with Gasteiger partial charge in [0.2, 0.25) is 0 Å². The van der Waals surface area contributed by atoms with Gasteiger partial charge in [0.05, 0.1) is 23.6 Å². The van der Waals surface area contributed by atoms with Crippen LogP contribution < -0.4 is 4.90 Å². The van der Waals surface area contributed by atoms with E-state index >= 15 is 0 Å². The van der Waals surface area contributed by atoms with Gasteiger partial charge in [-0.1, -0.05) is 58.7 Å². The molecule has 0 aliphatic carbocycles. The summed E-state index contributed by atoms with van der Waals surface area (Å²) in [5, 5.41) is 2.07. The predicted molar refractivity (Wildman–Crippen MR) is 115 cm³/mol. The van der Waals surface area contributed by atoms with E-state index in [0.717, 1.165) is 22.0 Å². The summed E-state index contributed by atoms with van der Waals surface area (Å²) in [7, 11) is -3.05. The van der Waals surface area contributed by atoms with Crippen LogP contribution in [0.4, 0.5) is 5.69 Å². The van der Waals surface area contributed by atoms with E-state index in [1.54, 1.807) is 17.8 Å². The number of aliphatic imine (C=N–C) groups is 1. The number of amidine groups is 1. The van der Waals surface area contributed by atoms with Gasteiger partial charge in [-0.3, -0.25) is 4.99 Å². The van der Waals surface area contributed by atoms with E-state index in [0.29, 0.717) is 15.8 Å². The van der Waals surface area contributed by atoms with Crippen LogP contribution in [0, 0.1) is 6.92 Å². The van der Waals surface area contributed by atoms with E-state index in [9.17, 15) is 8.42 Å². The van der Waals surface area contributed by atoms with Crippen molar-refractivity contribution in [1.29, 1.82) is 0 Å². The summed E-state index contributed by atoms with van der Waals surface area (Å²) in [4.78, 5) is 6.82. The van der Waals surface area contributed by atoms with Gasteiger partial charge in [-0.15, -0.1) is 0 Å². The predicted octanol–water partition coefficient (Wildman–Crippen LogP) is 4.58. The average molecular weight is 441 g/mol. The number of benzene rings is 2. The van der Waals surface area contributed by atoms with E-state index < -0.39 is 9.84 Å². The molecule has 27 heavy (non-hydrogen) atoms. The average Bonchev–Trinajstić information content (AvgIpc) is 3.06. The Morgan fingerprint density at radius 1 is 1.15 bits per heavy atom. The van der Waals surface area contributed by atoms with Crippen molar-refractivity contribution in [1.82, 2.24) is 0 Å². The molecule has 2 aromatic rings. The molecular formula is C19H18Cl2N2O2S2. The zero-order valence-corrected chi connectivity index (χ0v) is 17.7. The summed E-state index contributed by atoms with van der Waals surface area (Å²) in [6.07, 6.45) is 0. The summed E-state index contributed by atoms with van der Waals surface area (Å²) in [6.45, 7) is 2.03. The van der Waals surface area contributed by atoms with Gasteiger partial charge in [0.25, 0.3) is 0 Å². The molecule has 4 nitrogen and oxygen atoms in total. The highest BCUT2D eigenvalue weighted by atomic mass is 35.5. The lowest BCUT2D eigenvalue weighted by Gasteiger charge is -2.26. The number of halogens is 2. The molecule has 0 spiro atoms. The maximum absolute atomic E-state index is 12.1. The zero-order chi connectivity index (χ0) is 19.2. The molecule has 2 heterocycles. The maximum atomic E-state index is 12.1. The topological polar surface area (TPSA) is 49.7 Å². The minimum absolute atomic E-state index is 0.117. The number of anilines is 1. The molecule has 0 bridgehead atoms. The van der Waals surface area contributed by atoms with Crippen molar-refractivity contribution in [3.63, 3.8) is 0 Å². The van der Waals surface area contributed by atoms with Crippen LogP contribution in [0.2, 0.25) is 10.0 Å². The maximum Gasteiger partial charge on any atom is 0.164 e. The van der Waals surface area contributed by atoms with Crippen LogP contribution in [0.5, 0.6) is 0 Å². The van der Waals surface area contributed by atoms with Crippen molar-refractivity contribution < 1.29 is 8.42 Å². The standard InChI is InChI=1S/C19H18Cl2N2O2S2/c1-12-2-6-15(7-3-12)23-18-11-27(24,25)10-17(18)22-19(23)26-9-13-4-5-14(20)8-16(13)21/h2-8,17-18H,9-11H2,1H3/t17-,18+/m1/s1. The summed E-state index contributed by atoms with van der Waals surface area (Å²) in [5.74, 6) is 0.899. The molecule has 0 radical (unpaired) electrons. The first-order chi connectivity index (χ1) is 12.8. The van der Waals surface area contributed by atoms with Crippen LogP contribution in [0.15, 0.2) is 47.5 Å². The van der Waals surface area contributed by atoms with Gasteiger partial charge in [0, 0.05) is 21.5 Å². The Bertz CT molecular complexity index is 1010. The lowest BCUT2D eigenvalue weighted by molar-refractivity contribution is 0.601. The molecule has 1 fully saturated rings. The third-order valence-corrected chi connectivity index (χ3v) is 8.09. The van der Waals surface area contributed by atoms with Gasteiger partial charge in [-0.25, -0.2) is 8.42 Å². The molecule has 142 valence electrons. The van der Waals surface area contributed by atoms with Crippen molar-refractivity contribution >= 4 is 55.7 Å². The van der Waals surface area contributed by atoms with Gasteiger partial charge in [0.15, 0.2) is 15.0 Å². The minimum atomic E-state index is -3.05. The Morgan fingerprint density at radius 3 is 2.59 bits per heavy atom. The number of hydrogen-bond donors (Lipinski definition) is 0. The van der Waals surface area contributed by atoms with Crippen LogP contribution in [0.3, 0.4) is 0 Å². The first-order valence-electron chi connectivity index (χ1n) is 8.53. The lowest BCUT2D eigenvalue weighted by atomic mass is 10.1. The fourth-order valence-corrected chi connectivity index (χ4v) is 6.95. The van der Waals surface area contributed by atoms with Crippen molar-refractivity contribution in [3.8, 4) is 0 Å². The Labute approximate surface area is 173 Å². The number of fused-ring (bicyclic) bond motifs is 1. The molecule has 1 saturated heterocycles. The number of hydrogen-bond acceptors (Lipinski definition) is 5. The van der Waals surface area contributed by atoms with Crippen LogP contribution in [0.25, 0.3) is 0 Å². The normalized spacial score (nSPS) is 23.4. The van der Waals surface area contributed by atoms with Crippen LogP contribution >= 0.6 is 35.0 Å². The molecule has 4 rings (SSSR count). The van der Waals surface area contributed by atoms with E-state index in [2.05, 4.69) is 4.90 Å². The molecule has 2 atom stereocenters. The zero-order valence-electron chi connectivity index (χ0n) is 14.6. The SMILES string of the molecule is Cc1ccc(N2C(SCc3ccc(Cl)cc3Cl)=N[C@@H]3CS(=O)(=O)C[C@@H]32)cc1. The first kappa shape index (κ1) is 19.1. The van der Waals surface area contributed by atoms with Gasteiger partial charge >= 0.3 is 0 Å². The Kier molecular flexibility index (Phi) is 5.18. The minimum Gasteiger partial charge on any atom is -0.315 e. The third kappa shape index (κ3) is 3.99. The molecule has 0 aromatic heterocycles. The van der Waals surface area contributed by atoms with E-state index in [1.807, 2.05) is 43.3 Å². The highest BCUT2D eigenvalue weighted by Crippen LogP contribution is 2.36. The van der Waals surface area contributed by atoms with Gasteiger partial charge in [-0.2, -0.15) is 0 Å². The summed E-state index contributed by atoms with van der Waals surface area (Å²) < 4.78 is 24.2. The molecule has 0 N–H and O–H groups in total. The van der Waals surface area contributed by atoms with Gasteiger partial charge in [0.1, 0.15) is 0 Å². The second-order valence-corrected chi connectivity index (χ2v) is 10.8. The number of nitrogens with zero attached hydrogens (tertiary/aromatic N) is 2. The van der Waals surface area contributed by atoms with E-state index in [-0.39, 0.29) is 23.6 Å². The molecule has 0 amide bonds. The number of aryl methyl sites for hydroxylation is 1. The van der Waals surface area contributed by atoms with E-state index in [4.69, 9.17) is 28.2 Å². The molecule has 2 aliphatic rings. The quantitative estimate of drug-likeness (QED) is 0.700. The lowest BCUT2D eigenvalue weighted by Crippen LogP contribution is -2.39. The highest BCUT2D eigenvalue weighted by molar-refractivity contribution is 8.13. The van der Waals surface area contributed by atoms with Crippen LogP contribution in [-0.2, 0) is 15.6 Å². The molecule has 0 unspecified atom stereocenters. The van der Waals surface area contributed by atoms with Crippen molar-refractivity contribution in [3.05, 3.63) is 63.6 Å². The highest BCUT2D eigenvalue weighted by Gasteiger charge is 2.47. The summed E-state index contributed by atoms with van der Waals surface area (Å²) in [6, 6.07) is 13.2. The molecular weight excluding hydrogens is 423 g/mol. The van der Waals surface area contributed by atoms with E-state index in [1.165, 1.54) is 0 Å². The fraction of sp³-hybridized carbons (Fsp3) is 0.316. The summed E-state index contributed by atoms with van der Waals surface area (Å²) in [5.41, 5.74) is 3.11. The monoisotopic (exact) mass is 440 g/mol. The Balaban J connectivity index is 1.61. The largest absolute Gasteiger partial charge is 0.315 e. The van der Waals surface area contributed by atoms with Crippen molar-refractivity contribution in [2.24, 2.45) is 4.99 Å². The summed E-state index contributed by atoms with van der Waals surface area (Å²) >= 11 is 13.8. The van der Waals surface area contributed by atoms with Crippen LogP contribution in [0.1, 0.15) is 11.1 Å². The molecule has 2 aromatic carbocycles. The number of sulfone groups is 1. The second-order valence-electron chi connectivity index (χ2n) is 6.85. The molecule has 8 heteroatoms. The molecule has 0 saturated carbocycles. The Morgan fingerprint density at radius 2 is 1.89 bits per heavy atom. The van der Waals surface area contributed by atoms with Crippen molar-refractivity contribution in [2.45, 2.75) is 24.8 Å². The number of rotatable bonds is 3. The second kappa shape index (κ2) is 7.32. The first-order valence-corrected chi connectivity index (χ1v) is 12.1.